The third-order valence-corrected chi connectivity index (χ3v) is 3.11. The van der Waals surface area contributed by atoms with Crippen LogP contribution in [0.15, 0.2) is 30.3 Å². The Labute approximate surface area is 119 Å². The highest BCUT2D eigenvalue weighted by molar-refractivity contribution is 5.91. The minimum atomic E-state index is -0.842. The number of carboxylic acid groups (broad SMARTS) is 1. The largest absolute Gasteiger partial charge is 0.481 e. The molecule has 1 atom stereocenters. The number of aryl methyl sites for hydroxylation is 1. The molecule has 0 radical (unpaired) electrons. The lowest BCUT2D eigenvalue weighted by Gasteiger charge is -2.05. The van der Waals surface area contributed by atoms with E-state index < -0.39 is 11.9 Å². The highest BCUT2D eigenvalue weighted by atomic mass is 16.4. The van der Waals surface area contributed by atoms with Crippen LogP contribution in [0.3, 0.4) is 0 Å². The molecule has 2 N–H and O–H groups in total. The Morgan fingerprint density at radius 2 is 1.95 bits per heavy atom. The minimum absolute atomic E-state index is 0.206. The van der Waals surface area contributed by atoms with E-state index in [2.05, 4.69) is 12.2 Å². The first-order valence-corrected chi connectivity index (χ1v) is 6.80. The van der Waals surface area contributed by atoms with Gasteiger partial charge < -0.3 is 10.4 Å². The van der Waals surface area contributed by atoms with Crippen molar-refractivity contribution in [2.75, 3.05) is 6.54 Å². The van der Waals surface area contributed by atoms with Crippen molar-refractivity contribution in [2.45, 2.75) is 26.7 Å². The van der Waals surface area contributed by atoms with Crippen molar-refractivity contribution < 1.29 is 14.7 Å². The van der Waals surface area contributed by atoms with E-state index in [4.69, 9.17) is 5.11 Å². The van der Waals surface area contributed by atoms with Gasteiger partial charge in [0.25, 0.3) is 0 Å². The third-order valence-electron chi connectivity index (χ3n) is 3.11. The molecule has 20 heavy (non-hydrogen) atoms. The number of hydrogen-bond acceptors (Lipinski definition) is 2. The van der Waals surface area contributed by atoms with Crippen LogP contribution in [0.5, 0.6) is 0 Å². The molecule has 1 aromatic rings. The van der Waals surface area contributed by atoms with Crippen LogP contribution in [-0.2, 0) is 16.0 Å². The zero-order valence-corrected chi connectivity index (χ0v) is 11.9. The van der Waals surface area contributed by atoms with E-state index in [9.17, 15) is 9.59 Å². The summed E-state index contributed by atoms with van der Waals surface area (Å²) in [7, 11) is 0. The fraction of sp³-hybridized carbons (Fsp3) is 0.375. The van der Waals surface area contributed by atoms with Crippen LogP contribution in [0.4, 0.5) is 0 Å². The number of carboxylic acids is 1. The Bertz CT molecular complexity index is 477. The molecule has 0 aliphatic carbocycles. The molecule has 0 aliphatic rings. The highest BCUT2D eigenvalue weighted by Crippen LogP contribution is 2.06. The van der Waals surface area contributed by atoms with E-state index in [-0.39, 0.29) is 5.91 Å². The summed E-state index contributed by atoms with van der Waals surface area (Å²) in [5, 5.41) is 11.4. The van der Waals surface area contributed by atoms with Gasteiger partial charge in [-0.15, -0.1) is 0 Å². The van der Waals surface area contributed by atoms with Crippen molar-refractivity contribution in [3.63, 3.8) is 0 Å². The quantitative estimate of drug-likeness (QED) is 0.751. The van der Waals surface area contributed by atoms with Crippen molar-refractivity contribution in [1.82, 2.24) is 5.32 Å². The second-order valence-electron chi connectivity index (χ2n) is 4.75. The molecule has 0 fully saturated rings. The van der Waals surface area contributed by atoms with E-state index in [1.165, 1.54) is 11.6 Å². The summed E-state index contributed by atoms with van der Waals surface area (Å²) in [6.07, 6.45) is 4.63. The van der Waals surface area contributed by atoms with Crippen molar-refractivity contribution in [1.29, 1.82) is 0 Å². The van der Waals surface area contributed by atoms with Gasteiger partial charge in [-0.05, 0) is 30.0 Å². The molecule has 108 valence electrons. The van der Waals surface area contributed by atoms with Gasteiger partial charge in [-0.2, -0.15) is 0 Å². The van der Waals surface area contributed by atoms with Gasteiger partial charge in [0.05, 0.1) is 5.92 Å². The Morgan fingerprint density at radius 1 is 1.30 bits per heavy atom. The predicted molar refractivity (Wildman–Crippen MR) is 79.3 cm³/mol. The predicted octanol–water partition coefficient (Wildman–Crippen LogP) is 2.49. The van der Waals surface area contributed by atoms with E-state index in [0.717, 1.165) is 12.0 Å². The fourth-order valence-corrected chi connectivity index (χ4v) is 1.63. The Balaban J connectivity index is 2.37. The maximum atomic E-state index is 11.5. The summed E-state index contributed by atoms with van der Waals surface area (Å²) >= 11 is 0. The lowest BCUT2D eigenvalue weighted by atomic mass is 10.1. The summed E-state index contributed by atoms with van der Waals surface area (Å²) < 4.78 is 0. The first kappa shape index (κ1) is 16.0. The van der Waals surface area contributed by atoms with Crippen LogP contribution < -0.4 is 5.32 Å². The van der Waals surface area contributed by atoms with Crippen molar-refractivity contribution in [3.8, 4) is 0 Å². The Hall–Kier alpha value is -2.10. The maximum Gasteiger partial charge on any atom is 0.306 e. The number of benzene rings is 1. The number of aliphatic carboxylic acids is 1. The highest BCUT2D eigenvalue weighted by Gasteiger charge is 2.09. The van der Waals surface area contributed by atoms with Gasteiger partial charge in [0.2, 0.25) is 5.91 Å². The number of carbonyl (C=O) groups excluding carboxylic acids is 1. The average molecular weight is 275 g/mol. The van der Waals surface area contributed by atoms with Gasteiger partial charge in [0.1, 0.15) is 0 Å². The topological polar surface area (TPSA) is 66.4 Å². The normalized spacial score (nSPS) is 12.3. The van der Waals surface area contributed by atoms with Gasteiger partial charge >= 0.3 is 5.97 Å². The molecule has 1 unspecified atom stereocenters. The number of amides is 1. The average Bonchev–Trinajstić information content (AvgIpc) is 2.45. The summed E-state index contributed by atoms with van der Waals surface area (Å²) in [5.74, 6) is -1.49. The minimum Gasteiger partial charge on any atom is -0.481 e. The number of carbonyl (C=O) groups is 2. The van der Waals surface area contributed by atoms with Crippen LogP contribution >= 0.6 is 0 Å². The molecule has 0 bridgehead atoms. The van der Waals surface area contributed by atoms with Gasteiger partial charge in [-0.25, -0.2) is 0 Å². The van der Waals surface area contributed by atoms with Crippen molar-refractivity contribution in [2.24, 2.45) is 5.92 Å². The zero-order valence-electron chi connectivity index (χ0n) is 11.9. The molecule has 0 aliphatic heterocycles. The van der Waals surface area contributed by atoms with Crippen LogP contribution in [-0.4, -0.2) is 23.5 Å². The summed E-state index contributed by atoms with van der Waals surface area (Å²) in [6, 6.07) is 8.00. The van der Waals surface area contributed by atoms with E-state index in [1.54, 1.807) is 13.0 Å². The number of hydrogen-bond donors (Lipinski definition) is 2. The lowest BCUT2D eigenvalue weighted by molar-refractivity contribution is -0.141. The van der Waals surface area contributed by atoms with Gasteiger partial charge in [0, 0.05) is 12.6 Å². The molecular formula is C16H21NO3. The summed E-state index contributed by atoms with van der Waals surface area (Å²) in [5.41, 5.74) is 2.23. The van der Waals surface area contributed by atoms with E-state index in [0.29, 0.717) is 13.0 Å². The van der Waals surface area contributed by atoms with Gasteiger partial charge in [-0.3, -0.25) is 9.59 Å². The molecule has 1 aromatic carbocycles. The molecule has 0 saturated carbocycles. The molecule has 0 saturated heterocycles. The van der Waals surface area contributed by atoms with Crippen molar-refractivity contribution in [3.05, 3.63) is 41.5 Å². The fourth-order valence-electron chi connectivity index (χ4n) is 1.63. The van der Waals surface area contributed by atoms with E-state index >= 15 is 0 Å². The maximum absolute atomic E-state index is 11.5. The third kappa shape index (κ3) is 5.69. The monoisotopic (exact) mass is 275 g/mol. The first-order valence-electron chi connectivity index (χ1n) is 6.80. The smallest absolute Gasteiger partial charge is 0.306 e. The molecule has 1 rings (SSSR count). The van der Waals surface area contributed by atoms with Gasteiger partial charge in [-0.1, -0.05) is 38.1 Å². The summed E-state index contributed by atoms with van der Waals surface area (Å²) in [4.78, 5) is 22.2. The Kier molecular flexibility index (Phi) is 6.50. The van der Waals surface area contributed by atoms with E-state index in [1.807, 2.05) is 24.3 Å². The second-order valence-corrected chi connectivity index (χ2v) is 4.75. The SMILES string of the molecule is CCc1ccc(/C=C/C(=O)NCCC(C)C(=O)O)cc1. The molecule has 1 amide bonds. The molecule has 4 nitrogen and oxygen atoms in total. The molecular weight excluding hydrogens is 254 g/mol. The van der Waals surface area contributed by atoms with Crippen LogP contribution in [0.2, 0.25) is 0 Å². The van der Waals surface area contributed by atoms with Crippen LogP contribution in [0, 0.1) is 5.92 Å². The molecule has 0 heterocycles. The number of rotatable bonds is 7. The zero-order chi connectivity index (χ0) is 15.0. The van der Waals surface area contributed by atoms with Gasteiger partial charge in [0.15, 0.2) is 0 Å². The molecule has 4 heteroatoms. The number of nitrogens with one attached hydrogen (secondary N) is 1. The second kappa shape index (κ2) is 8.15. The molecule has 0 aromatic heterocycles. The first-order chi connectivity index (χ1) is 9.52. The van der Waals surface area contributed by atoms with Crippen LogP contribution in [0.25, 0.3) is 6.08 Å². The standard InChI is InChI=1S/C16H21NO3/c1-3-13-4-6-14(7-5-13)8-9-15(18)17-11-10-12(2)16(19)20/h4-9,12H,3,10-11H2,1-2H3,(H,17,18)(H,19,20)/b9-8+. The lowest BCUT2D eigenvalue weighted by Crippen LogP contribution is -2.25. The van der Waals surface area contributed by atoms with Crippen molar-refractivity contribution >= 4 is 18.0 Å². The summed E-state index contributed by atoms with van der Waals surface area (Å²) in [6.45, 7) is 4.08. The van der Waals surface area contributed by atoms with Crippen LogP contribution in [0.1, 0.15) is 31.4 Å². The molecule has 0 spiro atoms. The Morgan fingerprint density at radius 3 is 2.50 bits per heavy atom.